The van der Waals surface area contributed by atoms with E-state index in [9.17, 15) is 4.79 Å². The van der Waals surface area contributed by atoms with Crippen molar-refractivity contribution in [3.05, 3.63) is 11.6 Å². The van der Waals surface area contributed by atoms with Gasteiger partial charge < -0.3 is 10.2 Å². The Hall–Kier alpha value is -0.870. The van der Waals surface area contributed by atoms with Crippen LogP contribution in [-0.2, 0) is 4.79 Å². The Bertz CT molecular complexity index is 224. The van der Waals surface area contributed by atoms with Gasteiger partial charge in [-0.3, -0.25) is 4.90 Å². The fraction of sp³-hybridized carbons (Fsp3) is 0.727. The highest BCUT2D eigenvalue weighted by Crippen LogP contribution is 2.02. The molecule has 0 atom stereocenters. The van der Waals surface area contributed by atoms with E-state index in [1.54, 1.807) is 13.0 Å². The highest BCUT2D eigenvalue weighted by molar-refractivity contribution is 5.85. The lowest BCUT2D eigenvalue weighted by Gasteiger charge is -2.24. The molecule has 0 bridgehead atoms. The number of hydrogen-bond acceptors (Lipinski definition) is 3. The zero-order valence-electron chi connectivity index (χ0n) is 9.73. The first-order valence-electron chi connectivity index (χ1n) is 5.24. The maximum atomic E-state index is 10.6. The summed E-state index contributed by atoms with van der Waals surface area (Å²) in [4.78, 5) is 12.7. The lowest BCUT2D eigenvalue weighted by molar-refractivity contribution is -0.132. The van der Waals surface area contributed by atoms with Gasteiger partial charge in [-0.2, -0.15) is 0 Å². The Morgan fingerprint density at radius 2 is 2.07 bits per heavy atom. The van der Waals surface area contributed by atoms with Crippen molar-refractivity contribution in [2.24, 2.45) is 0 Å². The van der Waals surface area contributed by atoms with E-state index in [1.807, 2.05) is 0 Å². The van der Waals surface area contributed by atoms with Crippen LogP contribution in [0.15, 0.2) is 11.6 Å². The van der Waals surface area contributed by atoms with Crippen LogP contribution in [-0.4, -0.2) is 46.8 Å². The van der Waals surface area contributed by atoms with Crippen molar-refractivity contribution >= 4 is 5.97 Å². The minimum atomic E-state index is -0.874. The molecular formula is C11H21NO3. The van der Waals surface area contributed by atoms with E-state index in [0.717, 1.165) is 13.0 Å². The lowest BCUT2D eigenvalue weighted by Crippen LogP contribution is -2.32. The molecule has 4 nitrogen and oxygen atoms in total. The quantitative estimate of drug-likeness (QED) is 0.625. The maximum absolute atomic E-state index is 10.6. The number of rotatable bonds is 7. The number of aliphatic hydroxyl groups excluding tert-OH is 1. The van der Waals surface area contributed by atoms with Gasteiger partial charge in [-0.15, -0.1) is 0 Å². The summed E-state index contributed by atoms with van der Waals surface area (Å²) < 4.78 is 0. The molecule has 0 unspecified atom stereocenters. The van der Waals surface area contributed by atoms with Gasteiger partial charge in [0.25, 0.3) is 0 Å². The molecule has 0 aliphatic heterocycles. The molecule has 88 valence electrons. The summed E-state index contributed by atoms with van der Waals surface area (Å²) >= 11 is 0. The van der Waals surface area contributed by atoms with E-state index in [1.165, 1.54) is 0 Å². The second-order valence-electron chi connectivity index (χ2n) is 3.86. The van der Waals surface area contributed by atoms with Gasteiger partial charge in [0.2, 0.25) is 0 Å². The van der Waals surface area contributed by atoms with Crippen LogP contribution in [0.25, 0.3) is 0 Å². The van der Waals surface area contributed by atoms with E-state index in [4.69, 9.17) is 10.2 Å². The van der Waals surface area contributed by atoms with Crippen molar-refractivity contribution in [2.45, 2.75) is 33.2 Å². The Morgan fingerprint density at radius 1 is 1.47 bits per heavy atom. The van der Waals surface area contributed by atoms with E-state index in [2.05, 4.69) is 18.7 Å². The highest BCUT2D eigenvalue weighted by atomic mass is 16.4. The molecule has 0 fully saturated rings. The molecule has 0 aromatic heterocycles. The summed E-state index contributed by atoms with van der Waals surface area (Å²) in [5.41, 5.74) is 0.365. The summed E-state index contributed by atoms with van der Waals surface area (Å²) in [6.07, 6.45) is 2.43. The summed E-state index contributed by atoms with van der Waals surface area (Å²) in [5.74, 6) is -0.874. The van der Waals surface area contributed by atoms with Gasteiger partial charge in [0.05, 0.1) is 0 Å². The van der Waals surface area contributed by atoms with Crippen molar-refractivity contribution in [3.8, 4) is 0 Å². The van der Waals surface area contributed by atoms with Gasteiger partial charge in [-0.1, -0.05) is 6.08 Å². The molecule has 0 spiro atoms. The van der Waals surface area contributed by atoms with Crippen LogP contribution in [0, 0.1) is 0 Å². The number of aliphatic carboxylic acids is 1. The number of aliphatic hydroxyl groups is 1. The van der Waals surface area contributed by atoms with Crippen molar-refractivity contribution in [1.82, 2.24) is 4.90 Å². The molecular weight excluding hydrogens is 194 g/mol. The second-order valence-corrected chi connectivity index (χ2v) is 3.86. The molecule has 0 aliphatic carbocycles. The highest BCUT2D eigenvalue weighted by Gasteiger charge is 2.08. The van der Waals surface area contributed by atoms with Crippen molar-refractivity contribution in [1.29, 1.82) is 0 Å². The van der Waals surface area contributed by atoms with Crippen molar-refractivity contribution in [2.75, 3.05) is 19.7 Å². The lowest BCUT2D eigenvalue weighted by atomic mass is 10.2. The molecule has 0 rings (SSSR count). The van der Waals surface area contributed by atoms with Crippen LogP contribution in [0.5, 0.6) is 0 Å². The van der Waals surface area contributed by atoms with Crippen molar-refractivity contribution < 1.29 is 15.0 Å². The van der Waals surface area contributed by atoms with Gasteiger partial charge in [0.15, 0.2) is 0 Å². The number of carboxylic acids is 1. The second kappa shape index (κ2) is 7.43. The summed E-state index contributed by atoms with van der Waals surface area (Å²) in [6.45, 7) is 7.29. The molecule has 0 aromatic carbocycles. The van der Waals surface area contributed by atoms with Crippen LogP contribution in [0.1, 0.15) is 27.2 Å². The van der Waals surface area contributed by atoms with Gasteiger partial charge >= 0.3 is 5.97 Å². The summed E-state index contributed by atoms with van der Waals surface area (Å²) in [5, 5.41) is 17.4. The summed E-state index contributed by atoms with van der Waals surface area (Å²) in [6, 6.07) is 0.356. The number of carbonyl (C=O) groups is 1. The third kappa shape index (κ3) is 6.25. The average molecular weight is 215 g/mol. The van der Waals surface area contributed by atoms with Gasteiger partial charge in [0, 0.05) is 31.3 Å². The fourth-order valence-corrected chi connectivity index (χ4v) is 1.18. The zero-order chi connectivity index (χ0) is 11.8. The Balaban J connectivity index is 4.17. The average Bonchev–Trinajstić information content (AvgIpc) is 2.16. The molecule has 0 radical (unpaired) electrons. The maximum Gasteiger partial charge on any atom is 0.330 e. The molecule has 0 aromatic rings. The summed E-state index contributed by atoms with van der Waals surface area (Å²) in [7, 11) is 0. The Morgan fingerprint density at radius 3 is 2.47 bits per heavy atom. The predicted octanol–water partition coefficient (Wildman–Crippen LogP) is 1.11. The fourth-order valence-electron chi connectivity index (χ4n) is 1.18. The third-order valence-electron chi connectivity index (χ3n) is 2.30. The largest absolute Gasteiger partial charge is 0.478 e. The first kappa shape index (κ1) is 14.1. The number of carboxylic acid groups (broad SMARTS) is 1. The van der Waals surface area contributed by atoms with Gasteiger partial charge in [0.1, 0.15) is 0 Å². The van der Waals surface area contributed by atoms with Crippen molar-refractivity contribution in [3.63, 3.8) is 0 Å². The van der Waals surface area contributed by atoms with E-state index < -0.39 is 5.97 Å². The Labute approximate surface area is 91.2 Å². The number of nitrogens with zero attached hydrogens (tertiary/aromatic N) is 1. The first-order chi connectivity index (χ1) is 6.99. The standard InChI is InChI=1S/C11H21NO3/c1-9(2)12(6-4-8-13)7-5-10(3)11(14)15/h5,9,13H,4,6-8H2,1-3H3,(H,14,15). The molecule has 0 aliphatic rings. The smallest absolute Gasteiger partial charge is 0.330 e. The topological polar surface area (TPSA) is 60.8 Å². The third-order valence-corrected chi connectivity index (χ3v) is 2.30. The SMILES string of the molecule is CC(=CCN(CCCO)C(C)C)C(=O)O. The van der Waals surface area contributed by atoms with Crippen LogP contribution in [0.3, 0.4) is 0 Å². The van der Waals surface area contributed by atoms with E-state index in [0.29, 0.717) is 18.2 Å². The normalized spacial score (nSPS) is 12.5. The van der Waals surface area contributed by atoms with Gasteiger partial charge in [-0.05, 0) is 27.2 Å². The van der Waals surface area contributed by atoms with Crippen LogP contribution in [0.2, 0.25) is 0 Å². The molecule has 0 amide bonds. The Kier molecular flexibility index (Phi) is 6.99. The minimum Gasteiger partial charge on any atom is -0.478 e. The zero-order valence-corrected chi connectivity index (χ0v) is 9.73. The monoisotopic (exact) mass is 215 g/mol. The molecule has 4 heteroatoms. The molecule has 15 heavy (non-hydrogen) atoms. The molecule has 0 saturated heterocycles. The van der Waals surface area contributed by atoms with Crippen LogP contribution < -0.4 is 0 Å². The minimum absolute atomic E-state index is 0.171. The van der Waals surface area contributed by atoms with Crippen LogP contribution in [0.4, 0.5) is 0 Å². The van der Waals surface area contributed by atoms with E-state index >= 15 is 0 Å². The molecule has 0 saturated carbocycles. The molecule has 2 N–H and O–H groups in total. The van der Waals surface area contributed by atoms with Gasteiger partial charge in [-0.25, -0.2) is 4.79 Å². The molecule has 0 heterocycles. The van der Waals surface area contributed by atoms with Crippen LogP contribution >= 0.6 is 0 Å². The van der Waals surface area contributed by atoms with E-state index in [-0.39, 0.29) is 6.61 Å². The predicted molar refractivity (Wildman–Crippen MR) is 59.8 cm³/mol. The number of hydrogen-bond donors (Lipinski definition) is 2. The first-order valence-corrected chi connectivity index (χ1v) is 5.24.